The fourth-order valence-electron chi connectivity index (χ4n) is 1.72. The van der Waals surface area contributed by atoms with Crippen molar-refractivity contribution in [2.45, 2.75) is 13.5 Å². The monoisotopic (exact) mass is 311 g/mol. The first-order valence-corrected chi connectivity index (χ1v) is 6.30. The van der Waals surface area contributed by atoms with Crippen LogP contribution < -0.4 is 5.32 Å². The number of para-hydroxylation sites is 1. The first-order valence-electron chi connectivity index (χ1n) is 5.51. The summed E-state index contributed by atoms with van der Waals surface area (Å²) in [4.78, 5) is 0. The van der Waals surface area contributed by atoms with Crippen LogP contribution in [0.3, 0.4) is 0 Å². The van der Waals surface area contributed by atoms with E-state index in [1.807, 2.05) is 13.0 Å². The number of rotatable bonds is 3. The molecule has 0 atom stereocenters. The molecule has 1 nitrogen and oxygen atoms in total. The zero-order valence-corrected chi connectivity index (χ0v) is 11.4. The lowest BCUT2D eigenvalue weighted by Crippen LogP contribution is -2.04. The number of aryl methyl sites for hydroxylation is 1. The molecule has 0 saturated heterocycles. The fourth-order valence-corrected chi connectivity index (χ4v) is 2.11. The number of hydrogen-bond acceptors (Lipinski definition) is 1. The highest BCUT2D eigenvalue weighted by atomic mass is 79.9. The summed E-state index contributed by atoms with van der Waals surface area (Å²) in [6, 6.07) is 9.33. The summed E-state index contributed by atoms with van der Waals surface area (Å²) >= 11 is 3.34. The van der Waals surface area contributed by atoms with E-state index in [4.69, 9.17) is 0 Å². The zero-order chi connectivity index (χ0) is 13.1. The summed E-state index contributed by atoms with van der Waals surface area (Å²) in [5.41, 5.74) is 2.02. The van der Waals surface area contributed by atoms with Crippen molar-refractivity contribution in [2.75, 3.05) is 5.32 Å². The van der Waals surface area contributed by atoms with Crippen LogP contribution in [0.4, 0.5) is 14.5 Å². The molecule has 0 saturated carbocycles. The second-order valence-electron chi connectivity index (χ2n) is 4.02. The van der Waals surface area contributed by atoms with Crippen LogP contribution in [-0.4, -0.2) is 0 Å². The number of halogens is 3. The third-order valence-corrected chi connectivity index (χ3v) is 3.46. The van der Waals surface area contributed by atoms with E-state index in [-0.39, 0.29) is 11.6 Å². The van der Waals surface area contributed by atoms with E-state index in [1.165, 1.54) is 18.2 Å². The SMILES string of the molecule is Cc1cccc(F)c1NCc1cc(F)ccc1Br. The van der Waals surface area contributed by atoms with Gasteiger partial charge in [-0.25, -0.2) is 8.78 Å². The van der Waals surface area contributed by atoms with Gasteiger partial charge in [-0.3, -0.25) is 0 Å². The third-order valence-electron chi connectivity index (χ3n) is 2.69. The molecule has 4 heteroatoms. The molecule has 0 bridgehead atoms. The first-order chi connectivity index (χ1) is 8.58. The summed E-state index contributed by atoms with van der Waals surface area (Å²) in [5.74, 6) is -0.609. The van der Waals surface area contributed by atoms with Crippen LogP contribution >= 0.6 is 15.9 Å². The molecule has 18 heavy (non-hydrogen) atoms. The largest absolute Gasteiger partial charge is 0.378 e. The summed E-state index contributed by atoms with van der Waals surface area (Å²) in [6.45, 7) is 2.19. The Labute approximate surface area is 113 Å². The van der Waals surface area contributed by atoms with E-state index in [2.05, 4.69) is 21.2 Å². The average molecular weight is 312 g/mol. The molecule has 0 heterocycles. The van der Waals surface area contributed by atoms with Crippen molar-refractivity contribution < 1.29 is 8.78 Å². The van der Waals surface area contributed by atoms with Gasteiger partial charge in [0.1, 0.15) is 11.6 Å². The lowest BCUT2D eigenvalue weighted by atomic mass is 10.1. The fraction of sp³-hybridized carbons (Fsp3) is 0.143. The van der Waals surface area contributed by atoms with Crippen molar-refractivity contribution >= 4 is 21.6 Å². The van der Waals surface area contributed by atoms with E-state index >= 15 is 0 Å². The summed E-state index contributed by atoms with van der Waals surface area (Å²) in [7, 11) is 0. The van der Waals surface area contributed by atoms with Crippen molar-refractivity contribution in [1.82, 2.24) is 0 Å². The van der Waals surface area contributed by atoms with Crippen molar-refractivity contribution in [3.05, 3.63) is 63.6 Å². The lowest BCUT2D eigenvalue weighted by molar-refractivity contribution is 0.624. The van der Waals surface area contributed by atoms with E-state index in [0.717, 1.165) is 15.6 Å². The molecule has 94 valence electrons. The topological polar surface area (TPSA) is 12.0 Å². The van der Waals surface area contributed by atoms with Gasteiger partial charge in [0.15, 0.2) is 0 Å². The van der Waals surface area contributed by atoms with Crippen LogP contribution in [0.25, 0.3) is 0 Å². The molecule has 0 spiro atoms. The van der Waals surface area contributed by atoms with Crippen LogP contribution in [0, 0.1) is 18.6 Å². The van der Waals surface area contributed by atoms with Crippen LogP contribution in [0.1, 0.15) is 11.1 Å². The Morgan fingerprint density at radius 3 is 2.67 bits per heavy atom. The Hall–Kier alpha value is -1.42. The standard InChI is InChI=1S/C14H12BrF2N/c1-9-3-2-4-13(17)14(9)18-8-10-7-11(16)5-6-12(10)15/h2-7,18H,8H2,1H3. The van der Waals surface area contributed by atoms with Gasteiger partial charge < -0.3 is 5.32 Å². The highest BCUT2D eigenvalue weighted by Gasteiger charge is 2.06. The Kier molecular flexibility index (Phi) is 3.97. The number of anilines is 1. The molecule has 0 aliphatic rings. The highest BCUT2D eigenvalue weighted by Crippen LogP contribution is 2.22. The maximum absolute atomic E-state index is 13.6. The zero-order valence-electron chi connectivity index (χ0n) is 9.81. The van der Waals surface area contributed by atoms with E-state index in [9.17, 15) is 8.78 Å². The van der Waals surface area contributed by atoms with Gasteiger partial charge in [-0.2, -0.15) is 0 Å². The Morgan fingerprint density at radius 2 is 1.94 bits per heavy atom. The molecule has 0 fully saturated rings. The van der Waals surface area contributed by atoms with Gasteiger partial charge in [0, 0.05) is 11.0 Å². The van der Waals surface area contributed by atoms with Crippen molar-refractivity contribution in [2.24, 2.45) is 0 Å². The predicted molar refractivity (Wildman–Crippen MR) is 72.6 cm³/mol. The van der Waals surface area contributed by atoms with Gasteiger partial charge in [-0.15, -0.1) is 0 Å². The van der Waals surface area contributed by atoms with Crippen molar-refractivity contribution in [3.63, 3.8) is 0 Å². The van der Waals surface area contributed by atoms with Gasteiger partial charge in [0.25, 0.3) is 0 Å². The second kappa shape index (κ2) is 5.48. The maximum Gasteiger partial charge on any atom is 0.146 e. The van der Waals surface area contributed by atoms with Crippen molar-refractivity contribution in [3.8, 4) is 0 Å². The Morgan fingerprint density at radius 1 is 1.17 bits per heavy atom. The molecule has 0 amide bonds. The minimum atomic E-state index is -0.305. The summed E-state index contributed by atoms with van der Waals surface area (Å²) < 4.78 is 27.5. The molecule has 2 aromatic rings. The van der Waals surface area contributed by atoms with Crippen LogP contribution in [-0.2, 0) is 6.54 Å². The molecule has 2 rings (SSSR count). The first kappa shape index (κ1) is 13.0. The number of hydrogen-bond donors (Lipinski definition) is 1. The van der Waals surface area contributed by atoms with Crippen LogP contribution in [0.2, 0.25) is 0 Å². The molecule has 0 radical (unpaired) electrons. The molecule has 0 aliphatic heterocycles. The smallest absolute Gasteiger partial charge is 0.146 e. The average Bonchev–Trinajstić information content (AvgIpc) is 2.33. The van der Waals surface area contributed by atoms with Gasteiger partial charge in [-0.05, 0) is 42.3 Å². The van der Waals surface area contributed by atoms with E-state index in [0.29, 0.717) is 12.2 Å². The van der Waals surface area contributed by atoms with Crippen LogP contribution in [0.5, 0.6) is 0 Å². The lowest BCUT2D eigenvalue weighted by Gasteiger charge is -2.11. The molecular weight excluding hydrogens is 300 g/mol. The predicted octanol–water partition coefficient (Wildman–Crippen LogP) is 4.65. The van der Waals surface area contributed by atoms with Gasteiger partial charge >= 0.3 is 0 Å². The third kappa shape index (κ3) is 2.88. The van der Waals surface area contributed by atoms with Gasteiger partial charge in [0.2, 0.25) is 0 Å². The number of benzene rings is 2. The molecule has 0 aromatic heterocycles. The minimum Gasteiger partial charge on any atom is -0.378 e. The minimum absolute atomic E-state index is 0.303. The van der Waals surface area contributed by atoms with Crippen molar-refractivity contribution in [1.29, 1.82) is 0 Å². The summed E-state index contributed by atoms with van der Waals surface area (Å²) in [5, 5.41) is 2.99. The highest BCUT2D eigenvalue weighted by molar-refractivity contribution is 9.10. The normalized spacial score (nSPS) is 10.4. The molecular formula is C14H12BrF2N. The maximum atomic E-state index is 13.6. The van der Waals surface area contributed by atoms with Gasteiger partial charge in [-0.1, -0.05) is 28.1 Å². The Balaban J connectivity index is 2.19. The summed E-state index contributed by atoms with van der Waals surface area (Å²) in [6.07, 6.45) is 0. The van der Waals surface area contributed by atoms with E-state index in [1.54, 1.807) is 12.1 Å². The van der Waals surface area contributed by atoms with E-state index < -0.39 is 0 Å². The molecule has 0 aliphatic carbocycles. The quantitative estimate of drug-likeness (QED) is 0.870. The van der Waals surface area contributed by atoms with Crippen LogP contribution in [0.15, 0.2) is 40.9 Å². The number of nitrogens with one attached hydrogen (secondary N) is 1. The second-order valence-corrected chi connectivity index (χ2v) is 4.88. The molecule has 2 aromatic carbocycles. The molecule has 1 N–H and O–H groups in total. The van der Waals surface area contributed by atoms with Gasteiger partial charge in [0.05, 0.1) is 5.69 Å². The Bertz CT molecular complexity index is 549. The molecule has 0 unspecified atom stereocenters.